The van der Waals surface area contributed by atoms with Crippen LogP contribution in [0.1, 0.15) is 33.6 Å². The Morgan fingerprint density at radius 1 is 1.56 bits per heavy atom. The van der Waals surface area contributed by atoms with E-state index in [1.165, 1.54) is 0 Å². The molecule has 1 atom stereocenters. The zero-order valence-corrected chi connectivity index (χ0v) is 11.2. The van der Waals surface area contributed by atoms with Crippen molar-refractivity contribution in [3.05, 3.63) is 0 Å². The highest BCUT2D eigenvalue weighted by Gasteiger charge is 2.25. The maximum Gasteiger partial charge on any atom is 0.408 e. The average molecular weight is 258 g/mol. The lowest BCUT2D eigenvalue weighted by molar-refractivity contribution is -0.128. The minimum Gasteiger partial charge on any atom is -0.444 e. The highest BCUT2D eigenvalue weighted by atomic mass is 16.6. The molecular formula is C12H22N2O4. The van der Waals surface area contributed by atoms with Crippen LogP contribution in [-0.2, 0) is 9.53 Å². The van der Waals surface area contributed by atoms with Crippen LogP contribution in [0.2, 0.25) is 0 Å². The van der Waals surface area contributed by atoms with Gasteiger partial charge in [0.1, 0.15) is 5.60 Å². The number of hydrogen-bond donors (Lipinski definition) is 2. The van der Waals surface area contributed by atoms with E-state index in [1.54, 1.807) is 25.7 Å². The molecule has 2 N–H and O–H groups in total. The lowest BCUT2D eigenvalue weighted by Crippen LogP contribution is -2.47. The molecule has 0 aromatic rings. The van der Waals surface area contributed by atoms with E-state index in [0.29, 0.717) is 19.5 Å². The Morgan fingerprint density at radius 3 is 2.67 bits per heavy atom. The molecule has 2 amide bonds. The molecule has 0 aromatic heterocycles. The van der Waals surface area contributed by atoms with Crippen molar-refractivity contribution in [2.45, 2.75) is 45.3 Å². The predicted octanol–water partition coefficient (Wildman–Crippen LogP) is 0.494. The van der Waals surface area contributed by atoms with E-state index in [9.17, 15) is 14.7 Å². The highest BCUT2D eigenvalue weighted by molar-refractivity contribution is 5.78. The van der Waals surface area contributed by atoms with E-state index in [4.69, 9.17) is 4.74 Å². The van der Waals surface area contributed by atoms with Crippen LogP contribution in [0.5, 0.6) is 0 Å². The number of aliphatic hydroxyl groups is 1. The van der Waals surface area contributed by atoms with Gasteiger partial charge in [-0.3, -0.25) is 4.79 Å². The van der Waals surface area contributed by atoms with Crippen molar-refractivity contribution in [1.82, 2.24) is 10.2 Å². The van der Waals surface area contributed by atoms with Crippen LogP contribution in [0.15, 0.2) is 0 Å². The number of alkyl carbamates (subject to hydrolysis) is 1. The third-order valence-corrected chi connectivity index (χ3v) is 2.55. The van der Waals surface area contributed by atoms with Crippen molar-refractivity contribution in [3.8, 4) is 0 Å². The predicted molar refractivity (Wildman–Crippen MR) is 66.1 cm³/mol. The van der Waals surface area contributed by atoms with E-state index < -0.39 is 17.7 Å². The molecule has 0 spiro atoms. The molecule has 104 valence electrons. The van der Waals surface area contributed by atoms with E-state index in [-0.39, 0.29) is 12.5 Å². The van der Waals surface area contributed by atoms with Crippen LogP contribution < -0.4 is 5.32 Å². The third-order valence-electron chi connectivity index (χ3n) is 2.55. The van der Waals surface area contributed by atoms with Gasteiger partial charge in [0.05, 0.1) is 12.6 Å². The maximum atomic E-state index is 11.5. The first-order valence-corrected chi connectivity index (χ1v) is 6.20. The minimum absolute atomic E-state index is 0.0689. The van der Waals surface area contributed by atoms with Crippen molar-refractivity contribution in [3.63, 3.8) is 0 Å². The Kier molecular flexibility index (Phi) is 4.95. The van der Waals surface area contributed by atoms with Crippen molar-refractivity contribution in [2.24, 2.45) is 0 Å². The monoisotopic (exact) mass is 258 g/mol. The molecule has 0 bridgehead atoms. The summed E-state index contributed by atoms with van der Waals surface area (Å²) in [5, 5.41) is 11.8. The zero-order valence-electron chi connectivity index (χ0n) is 11.2. The van der Waals surface area contributed by atoms with E-state index in [1.807, 2.05) is 0 Å². The fourth-order valence-electron chi connectivity index (χ4n) is 1.79. The molecule has 0 saturated carbocycles. The average Bonchev–Trinajstić information content (AvgIpc) is 2.60. The number of likely N-dealkylation sites (tertiary alicyclic amines) is 1. The first kappa shape index (κ1) is 14.8. The first-order chi connectivity index (χ1) is 8.31. The lowest BCUT2D eigenvalue weighted by Gasteiger charge is -2.25. The maximum absolute atomic E-state index is 11.5. The number of nitrogens with zero attached hydrogens (tertiary/aromatic N) is 1. The summed E-state index contributed by atoms with van der Waals surface area (Å²) >= 11 is 0. The number of rotatable bonds is 4. The molecule has 6 nitrogen and oxygen atoms in total. The van der Waals surface area contributed by atoms with Crippen LogP contribution >= 0.6 is 0 Å². The van der Waals surface area contributed by atoms with Crippen molar-refractivity contribution < 1.29 is 19.4 Å². The summed E-state index contributed by atoms with van der Waals surface area (Å²) in [5.74, 6) is 0.0689. The molecule has 0 aliphatic carbocycles. The number of carbonyl (C=O) groups excluding carboxylic acids is 2. The topological polar surface area (TPSA) is 78.9 Å². The van der Waals surface area contributed by atoms with Gasteiger partial charge in [-0.15, -0.1) is 0 Å². The standard InChI is InChI=1S/C12H22N2O4/c1-12(2,3)18-11(17)13-9(8-15)7-14-6-4-5-10(14)16/h9,15H,4-8H2,1-3H3,(H,13,17)/t9-/m0/s1. The van der Waals surface area contributed by atoms with E-state index in [2.05, 4.69) is 5.32 Å². The molecule has 0 aromatic carbocycles. The fraction of sp³-hybridized carbons (Fsp3) is 0.833. The lowest BCUT2D eigenvalue weighted by atomic mass is 10.2. The van der Waals surface area contributed by atoms with Crippen LogP contribution in [-0.4, -0.2) is 53.3 Å². The minimum atomic E-state index is -0.576. The normalized spacial score (nSPS) is 17.8. The Balaban J connectivity index is 2.42. The van der Waals surface area contributed by atoms with Crippen LogP contribution in [0.4, 0.5) is 4.79 Å². The zero-order chi connectivity index (χ0) is 13.8. The van der Waals surface area contributed by atoms with Crippen molar-refractivity contribution in [2.75, 3.05) is 19.7 Å². The number of amides is 2. The van der Waals surface area contributed by atoms with Gasteiger partial charge in [0.25, 0.3) is 0 Å². The molecule has 18 heavy (non-hydrogen) atoms. The molecule has 1 heterocycles. The van der Waals surface area contributed by atoms with Crippen LogP contribution in [0.25, 0.3) is 0 Å². The Morgan fingerprint density at radius 2 is 2.22 bits per heavy atom. The molecule has 6 heteroatoms. The summed E-state index contributed by atoms with van der Waals surface area (Å²) < 4.78 is 5.10. The number of aliphatic hydroxyl groups excluding tert-OH is 1. The first-order valence-electron chi connectivity index (χ1n) is 6.20. The Labute approximate surface area is 107 Å². The van der Waals surface area contributed by atoms with Gasteiger partial charge in [0.15, 0.2) is 0 Å². The molecule has 1 saturated heterocycles. The number of ether oxygens (including phenoxy) is 1. The van der Waals surface area contributed by atoms with Crippen molar-refractivity contribution >= 4 is 12.0 Å². The van der Waals surface area contributed by atoms with Crippen molar-refractivity contribution in [1.29, 1.82) is 0 Å². The van der Waals surface area contributed by atoms with Gasteiger partial charge in [-0.25, -0.2) is 4.79 Å². The summed E-state index contributed by atoms with van der Waals surface area (Å²) in [6, 6.07) is -0.484. The van der Waals surface area contributed by atoms with Gasteiger partial charge in [0, 0.05) is 19.5 Å². The third kappa shape index (κ3) is 4.91. The van der Waals surface area contributed by atoms with Gasteiger partial charge in [-0.05, 0) is 27.2 Å². The van der Waals surface area contributed by atoms with E-state index in [0.717, 1.165) is 6.42 Å². The second-order valence-corrected chi connectivity index (χ2v) is 5.47. The smallest absolute Gasteiger partial charge is 0.408 e. The van der Waals surface area contributed by atoms with Gasteiger partial charge >= 0.3 is 6.09 Å². The van der Waals surface area contributed by atoms with Gasteiger partial charge in [-0.2, -0.15) is 0 Å². The summed E-state index contributed by atoms with van der Waals surface area (Å²) in [7, 11) is 0. The number of nitrogens with one attached hydrogen (secondary N) is 1. The van der Waals surface area contributed by atoms with Gasteiger partial charge in [-0.1, -0.05) is 0 Å². The second-order valence-electron chi connectivity index (χ2n) is 5.47. The van der Waals surface area contributed by atoms with Crippen LogP contribution in [0, 0.1) is 0 Å². The van der Waals surface area contributed by atoms with Gasteiger partial charge in [0.2, 0.25) is 5.91 Å². The molecule has 1 aliphatic rings. The summed E-state index contributed by atoms with van der Waals surface area (Å²) in [5.41, 5.74) is -0.576. The fourth-order valence-corrected chi connectivity index (χ4v) is 1.79. The summed E-state index contributed by atoms with van der Waals surface area (Å²) in [6.45, 7) is 6.10. The van der Waals surface area contributed by atoms with Gasteiger partial charge < -0.3 is 20.1 Å². The largest absolute Gasteiger partial charge is 0.444 e. The molecule has 1 rings (SSSR count). The SMILES string of the molecule is CC(C)(C)OC(=O)N[C@H](CO)CN1CCCC1=O. The van der Waals surface area contributed by atoms with Crippen LogP contribution in [0.3, 0.4) is 0 Å². The van der Waals surface area contributed by atoms with E-state index >= 15 is 0 Å². The number of hydrogen-bond acceptors (Lipinski definition) is 4. The second kappa shape index (κ2) is 6.04. The molecule has 1 fully saturated rings. The Bertz CT molecular complexity index is 312. The molecular weight excluding hydrogens is 236 g/mol. The molecule has 0 unspecified atom stereocenters. The summed E-state index contributed by atoms with van der Waals surface area (Å²) in [4.78, 5) is 24.6. The Hall–Kier alpha value is -1.30. The number of carbonyl (C=O) groups is 2. The molecule has 1 aliphatic heterocycles. The quantitative estimate of drug-likeness (QED) is 0.769. The molecule has 0 radical (unpaired) electrons. The highest BCUT2D eigenvalue weighted by Crippen LogP contribution is 2.10. The summed E-state index contributed by atoms with van der Waals surface area (Å²) in [6.07, 6.45) is 0.807.